The molecule has 0 amide bonds. The smallest absolute Gasteiger partial charge is 0.0359 e. The Balaban J connectivity index is 2.94. The Morgan fingerprint density at radius 3 is 1.95 bits per heavy atom. The van der Waals surface area contributed by atoms with Crippen LogP contribution < -0.4 is 5.32 Å². The first kappa shape index (κ1) is 16.0. The number of hydrogen-bond donors (Lipinski definition) is 1. The molecule has 0 aliphatic carbocycles. The van der Waals surface area contributed by atoms with E-state index in [0.29, 0.717) is 6.04 Å². The average molecular weight is 259 g/mol. The van der Waals surface area contributed by atoms with E-state index in [4.69, 9.17) is 0 Å². The minimum Gasteiger partial charge on any atom is -0.305 e. The summed E-state index contributed by atoms with van der Waals surface area (Å²) in [5.41, 5.74) is 3.03. The predicted octanol–water partition coefficient (Wildman–Crippen LogP) is 4.99. The fourth-order valence-electron chi connectivity index (χ4n) is 2.18. The van der Waals surface area contributed by atoms with Gasteiger partial charge in [-0.05, 0) is 43.7 Å². The summed E-state index contributed by atoms with van der Waals surface area (Å²) in [4.78, 5) is 0. The predicted molar refractivity (Wildman–Crippen MR) is 85.6 cm³/mol. The van der Waals surface area contributed by atoms with Crippen molar-refractivity contribution in [2.45, 2.75) is 65.0 Å². The summed E-state index contributed by atoms with van der Waals surface area (Å²) >= 11 is 0. The first-order valence-electron chi connectivity index (χ1n) is 7.12. The molecule has 1 atom stereocenters. The second kappa shape index (κ2) is 5.92. The molecule has 0 aliphatic rings. The lowest BCUT2D eigenvalue weighted by Gasteiger charge is -2.29. The molecule has 0 saturated carbocycles. The number of rotatable bonds is 4. The van der Waals surface area contributed by atoms with E-state index in [-0.39, 0.29) is 11.0 Å². The summed E-state index contributed by atoms with van der Waals surface area (Å²) in [7, 11) is 0. The maximum Gasteiger partial charge on any atom is 0.0359 e. The second-order valence-electron chi connectivity index (χ2n) is 7.34. The third kappa shape index (κ3) is 5.20. The zero-order valence-electron chi connectivity index (χ0n) is 13.4. The van der Waals surface area contributed by atoms with E-state index in [1.807, 2.05) is 6.08 Å². The van der Waals surface area contributed by atoms with Crippen molar-refractivity contribution in [1.82, 2.24) is 5.32 Å². The van der Waals surface area contributed by atoms with Crippen LogP contribution in [0.5, 0.6) is 0 Å². The molecular weight excluding hydrogens is 230 g/mol. The third-order valence-electron chi connectivity index (χ3n) is 3.19. The summed E-state index contributed by atoms with van der Waals surface area (Å²) in [5.74, 6) is 0. The lowest BCUT2D eigenvalue weighted by molar-refractivity contribution is 0.364. The van der Waals surface area contributed by atoms with Gasteiger partial charge >= 0.3 is 0 Å². The van der Waals surface area contributed by atoms with E-state index < -0.39 is 0 Å². The molecule has 0 fully saturated rings. The lowest BCUT2D eigenvalue weighted by atomic mass is 9.86. The quantitative estimate of drug-likeness (QED) is 0.751. The van der Waals surface area contributed by atoms with Gasteiger partial charge in [0.25, 0.3) is 0 Å². The van der Waals surface area contributed by atoms with Crippen LogP contribution in [0.4, 0.5) is 0 Å². The SMILES string of the molecule is C=CCC(NC(C)(C)C)c1ccc(C(C)(C)C)cc1. The van der Waals surface area contributed by atoms with Crippen LogP contribution >= 0.6 is 0 Å². The van der Waals surface area contributed by atoms with Gasteiger partial charge in [0.15, 0.2) is 0 Å². The average Bonchev–Trinajstić information content (AvgIpc) is 2.26. The standard InChI is InChI=1S/C18H29N/c1-8-9-16(19-18(5,6)7)14-10-12-15(13-11-14)17(2,3)4/h8,10-13,16,19H,1,9H2,2-7H3. The van der Waals surface area contributed by atoms with Gasteiger partial charge in [-0.3, -0.25) is 0 Å². The van der Waals surface area contributed by atoms with Gasteiger partial charge in [-0.15, -0.1) is 6.58 Å². The molecule has 1 nitrogen and oxygen atoms in total. The molecule has 0 radical (unpaired) electrons. The first-order chi connectivity index (χ1) is 8.63. The van der Waals surface area contributed by atoms with Crippen LogP contribution in [-0.4, -0.2) is 5.54 Å². The van der Waals surface area contributed by atoms with Crippen molar-refractivity contribution in [2.24, 2.45) is 0 Å². The Labute approximate surface area is 119 Å². The van der Waals surface area contributed by atoms with Crippen molar-refractivity contribution in [3.63, 3.8) is 0 Å². The second-order valence-corrected chi connectivity index (χ2v) is 7.34. The van der Waals surface area contributed by atoms with Crippen LogP contribution in [0.1, 0.15) is 65.1 Å². The Kier molecular flexibility index (Phi) is 4.98. The Morgan fingerprint density at radius 1 is 1.05 bits per heavy atom. The van der Waals surface area contributed by atoms with Gasteiger partial charge < -0.3 is 5.32 Å². The largest absolute Gasteiger partial charge is 0.305 e. The number of hydrogen-bond acceptors (Lipinski definition) is 1. The summed E-state index contributed by atoms with van der Waals surface area (Å²) in [5, 5.41) is 3.66. The fourth-order valence-corrected chi connectivity index (χ4v) is 2.18. The molecule has 1 aromatic carbocycles. The van der Waals surface area contributed by atoms with Gasteiger partial charge in [-0.25, -0.2) is 0 Å². The molecule has 0 aliphatic heterocycles. The number of nitrogens with one attached hydrogen (secondary N) is 1. The molecule has 106 valence electrons. The van der Waals surface area contributed by atoms with Crippen LogP contribution in [0.2, 0.25) is 0 Å². The van der Waals surface area contributed by atoms with Crippen molar-refractivity contribution >= 4 is 0 Å². The third-order valence-corrected chi connectivity index (χ3v) is 3.19. The van der Waals surface area contributed by atoms with Crippen molar-refractivity contribution in [2.75, 3.05) is 0 Å². The highest BCUT2D eigenvalue weighted by Crippen LogP contribution is 2.26. The maximum absolute atomic E-state index is 3.87. The van der Waals surface area contributed by atoms with Crippen molar-refractivity contribution in [1.29, 1.82) is 0 Å². The van der Waals surface area contributed by atoms with Crippen LogP contribution in [0, 0.1) is 0 Å². The molecule has 0 aromatic heterocycles. The topological polar surface area (TPSA) is 12.0 Å². The highest BCUT2D eigenvalue weighted by Gasteiger charge is 2.19. The van der Waals surface area contributed by atoms with Crippen LogP contribution in [-0.2, 0) is 5.41 Å². The molecule has 0 bridgehead atoms. The first-order valence-corrected chi connectivity index (χ1v) is 7.12. The summed E-state index contributed by atoms with van der Waals surface area (Å²) in [6, 6.07) is 9.32. The minimum absolute atomic E-state index is 0.108. The molecule has 1 unspecified atom stereocenters. The summed E-state index contributed by atoms with van der Waals surface area (Å²) in [6.45, 7) is 17.2. The van der Waals surface area contributed by atoms with Gasteiger partial charge in [0, 0.05) is 11.6 Å². The zero-order chi connectivity index (χ0) is 14.7. The zero-order valence-corrected chi connectivity index (χ0v) is 13.4. The van der Waals surface area contributed by atoms with Gasteiger partial charge in [-0.2, -0.15) is 0 Å². The molecule has 0 heterocycles. The summed E-state index contributed by atoms with van der Waals surface area (Å²) < 4.78 is 0. The molecule has 1 heteroatoms. The van der Waals surface area contributed by atoms with Crippen molar-refractivity contribution in [3.8, 4) is 0 Å². The Hall–Kier alpha value is -1.08. The molecule has 1 aromatic rings. The minimum atomic E-state index is 0.108. The van der Waals surface area contributed by atoms with Crippen LogP contribution in [0.3, 0.4) is 0 Å². The highest BCUT2D eigenvalue weighted by atomic mass is 15.0. The lowest BCUT2D eigenvalue weighted by Crippen LogP contribution is -2.38. The number of benzene rings is 1. The maximum atomic E-state index is 3.87. The highest BCUT2D eigenvalue weighted by molar-refractivity contribution is 5.29. The van der Waals surface area contributed by atoms with E-state index in [9.17, 15) is 0 Å². The van der Waals surface area contributed by atoms with E-state index in [1.165, 1.54) is 11.1 Å². The molecule has 0 saturated heterocycles. The van der Waals surface area contributed by atoms with E-state index >= 15 is 0 Å². The van der Waals surface area contributed by atoms with Crippen LogP contribution in [0.25, 0.3) is 0 Å². The summed E-state index contributed by atoms with van der Waals surface area (Å²) in [6.07, 6.45) is 2.94. The van der Waals surface area contributed by atoms with E-state index in [0.717, 1.165) is 6.42 Å². The Morgan fingerprint density at radius 2 is 1.58 bits per heavy atom. The Bertz CT molecular complexity index is 401. The monoisotopic (exact) mass is 259 g/mol. The molecular formula is C18H29N. The molecule has 19 heavy (non-hydrogen) atoms. The van der Waals surface area contributed by atoms with E-state index in [2.05, 4.69) is 77.7 Å². The molecule has 1 rings (SSSR count). The molecule has 0 spiro atoms. The van der Waals surface area contributed by atoms with Gasteiger partial charge in [0.1, 0.15) is 0 Å². The fraction of sp³-hybridized carbons (Fsp3) is 0.556. The molecule has 1 N–H and O–H groups in total. The normalized spacial score (nSPS) is 14.2. The van der Waals surface area contributed by atoms with Gasteiger partial charge in [0.05, 0.1) is 0 Å². The van der Waals surface area contributed by atoms with Gasteiger partial charge in [0.2, 0.25) is 0 Å². The van der Waals surface area contributed by atoms with E-state index in [1.54, 1.807) is 0 Å². The van der Waals surface area contributed by atoms with Crippen LogP contribution in [0.15, 0.2) is 36.9 Å². The van der Waals surface area contributed by atoms with Crippen molar-refractivity contribution < 1.29 is 0 Å². The van der Waals surface area contributed by atoms with Crippen molar-refractivity contribution in [3.05, 3.63) is 48.0 Å². The van der Waals surface area contributed by atoms with Gasteiger partial charge in [-0.1, -0.05) is 51.1 Å².